The minimum atomic E-state index is -0.177. The number of halogens is 3. The first kappa shape index (κ1) is 24.1. The highest BCUT2D eigenvalue weighted by Crippen LogP contribution is 2.37. The van der Waals surface area contributed by atoms with Gasteiger partial charge in [-0.25, -0.2) is 0 Å². The van der Waals surface area contributed by atoms with E-state index in [4.69, 9.17) is 61.2 Å². The van der Waals surface area contributed by atoms with Crippen molar-refractivity contribution < 1.29 is 19.0 Å². The second-order valence-corrected chi connectivity index (χ2v) is 9.24. The molecule has 4 rings (SSSR count). The fraction of sp³-hybridized carbons (Fsp3) is 0.304. The molecule has 33 heavy (non-hydrogen) atoms. The normalized spacial score (nSPS) is 19.3. The Kier molecular flexibility index (Phi) is 7.66. The highest BCUT2D eigenvalue weighted by molar-refractivity contribution is 7.80. The summed E-state index contributed by atoms with van der Waals surface area (Å²) in [7, 11) is 1.57. The van der Waals surface area contributed by atoms with E-state index >= 15 is 0 Å². The third kappa shape index (κ3) is 5.55. The molecular weight excluding hydrogens is 507 g/mol. The Morgan fingerprint density at radius 3 is 2.67 bits per heavy atom. The van der Waals surface area contributed by atoms with Crippen LogP contribution in [0.25, 0.3) is 6.08 Å². The van der Waals surface area contributed by atoms with Crippen molar-refractivity contribution in [2.24, 2.45) is 0 Å². The van der Waals surface area contributed by atoms with Gasteiger partial charge in [-0.3, -0.25) is 9.69 Å². The molecule has 2 aromatic rings. The zero-order valence-corrected chi connectivity index (χ0v) is 20.8. The molecule has 2 fully saturated rings. The highest BCUT2D eigenvalue weighted by atomic mass is 35.5. The van der Waals surface area contributed by atoms with Gasteiger partial charge in [0.2, 0.25) is 0 Å². The quantitative estimate of drug-likeness (QED) is 0.381. The van der Waals surface area contributed by atoms with Crippen LogP contribution in [0.3, 0.4) is 0 Å². The second kappa shape index (κ2) is 10.5. The first-order valence-corrected chi connectivity index (χ1v) is 11.8. The van der Waals surface area contributed by atoms with Gasteiger partial charge in [0.15, 0.2) is 10.9 Å². The molecule has 2 saturated heterocycles. The number of hydrogen-bond acceptors (Lipinski definition) is 5. The van der Waals surface area contributed by atoms with Gasteiger partial charge in [-0.05, 0) is 61.0 Å². The molecule has 0 spiro atoms. The maximum atomic E-state index is 12.9. The molecule has 2 aliphatic rings. The van der Waals surface area contributed by atoms with Crippen molar-refractivity contribution in [1.29, 1.82) is 0 Å². The average Bonchev–Trinajstić information content (AvgIpc) is 3.37. The lowest BCUT2D eigenvalue weighted by molar-refractivity contribution is -0.123. The predicted octanol–water partition coefficient (Wildman–Crippen LogP) is 5.47. The summed E-state index contributed by atoms with van der Waals surface area (Å²) in [5.41, 5.74) is 1.93. The molecule has 0 aliphatic carbocycles. The molecule has 174 valence electrons. The number of nitrogens with zero attached hydrogens (tertiary/aromatic N) is 1. The molecule has 1 amide bonds. The van der Waals surface area contributed by atoms with E-state index in [9.17, 15) is 4.79 Å². The largest absolute Gasteiger partial charge is 0.496 e. The zero-order chi connectivity index (χ0) is 23.5. The van der Waals surface area contributed by atoms with Crippen LogP contribution in [-0.4, -0.2) is 42.3 Å². The van der Waals surface area contributed by atoms with Crippen LogP contribution >= 0.6 is 47.0 Å². The maximum Gasteiger partial charge on any atom is 0.276 e. The average molecular weight is 528 g/mol. The summed E-state index contributed by atoms with van der Waals surface area (Å²) in [5.74, 6) is 0.778. The lowest BCUT2D eigenvalue weighted by Crippen LogP contribution is -2.37. The van der Waals surface area contributed by atoms with E-state index in [2.05, 4.69) is 5.32 Å². The first-order chi connectivity index (χ1) is 15.9. The van der Waals surface area contributed by atoms with Crippen LogP contribution in [0, 0.1) is 0 Å². The predicted molar refractivity (Wildman–Crippen MR) is 133 cm³/mol. The van der Waals surface area contributed by atoms with E-state index in [-0.39, 0.29) is 18.6 Å². The minimum Gasteiger partial charge on any atom is -0.496 e. The lowest BCUT2D eigenvalue weighted by Gasteiger charge is -2.18. The number of carbonyl (C=O) groups excluding carboxylic acids is 1. The Bertz CT molecular complexity index is 1100. The fourth-order valence-electron chi connectivity index (χ4n) is 3.71. The monoisotopic (exact) mass is 526 g/mol. The van der Waals surface area contributed by atoms with Crippen LogP contribution in [0.1, 0.15) is 24.0 Å². The van der Waals surface area contributed by atoms with Crippen molar-refractivity contribution in [3.63, 3.8) is 0 Å². The van der Waals surface area contributed by atoms with Crippen LogP contribution in [-0.2, 0) is 16.1 Å². The van der Waals surface area contributed by atoms with Gasteiger partial charge < -0.3 is 19.5 Å². The molecule has 1 atom stereocenters. The van der Waals surface area contributed by atoms with Crippen molar-refractivity contribution >= 4 is 64.1 Å². The van der Waals surface area contributed by atoms with Crippen LogP contribution in [0.5, 0.6) is 11.5 Å². The number of ether oxygens (including phenoxy) is 3. The Hall–Kier alpha value is -2.03. The zero-order valence-electron chi connectivity index (χ0n) is 17.7. The number of amides is 1. The summed E-state index contributed by atoms with van der Waals surface area (Å²) in [5, 5.41) is 4.43. The van der Waals surface area contributed by atoms with Crippen molar-refractivity contribution in [1.82, 2.24) is 10.2 Å². The molecule has 0 bridgehead atoms. The van der Waals surface area contributed by atoms with Gasteiger partial charge >= 0.3 is 0 Å². The molecule has 0 aromatic heterocycles. The molecule has 1 N–H and O–H groups in total. The maximum absolute atomic E-state index is 12.9. The summed E-state index contributed by atoms with van der Waals surface area (Å²) >= 11 is 23.8. The number of carbonyl (C=O) groups is 1. The lowest BCUT2D eigenvalue weighted by atomic mass is 10.1. The molecule has 0 radical (unpaired) electrons. The van der Waals surface area contributed by atoms with E-state index in [1.807, 2.05) is 12.1 Å². The van der Waals surface area contributed by atoms with Crippen molar-refractivity contribution in [2.45, 2.75) is 25.6 Å². The first-order valence-electron chi connectivity index (χ1n) is 10.3. The molecule has 2 aliphatic heterocycles. The van der Waals surface area contributed by atoms with Crippen molar-refractivity contribution in [3.8, 4) is 11.5 Å². The molecule has 6 nitrogen and oxygen atoms in total. The van der Waals surface area contributed by atoms with Gasteiger partial charge in [0.25, 0.3) is 5.91 Å². The van der Waals surface area contributed by atoms with Crippen LogP contribution in [0.15, 0.2) is 36.0 Å². The van der Waals surface area contributed by atoms with E-state index in [0.29, 0.717) is 43.9 Å². The number of benzene rings is 2. The van der Waals surface area contributed by atoms with Crippen molar-refractivity contribution in [3.05, 3.63) is 62.2 Å². The van der Waals surface area contributed by atoms with Gasteiger partial charge in [-0.15, -0.1) is 0 Å². The molecular formula is C23H21Cl3N2O4S. The number of hydrogen-bond donors (Lipinski definition) is 1. The summed E-state index contributed by atoms with van der Waals surface area (Å²) in [6.45, 7) is 1.32. The number of thiocarbonyl (C=S) groups is 1. The Morgan fingerprint density at radius 1 is 1.24 bits per heavy atom. The molecule has 0 saturated carbocycles. The van der Waals surface area contributed by atoms with Gasteiger partial charge in [0, 0.05) is 17.2 Å². The van der Waals surface area contributed by atoms with E-state index in [1.165, 1.54) is 0 Å². The third-order valence-electron chi connectivity index (χ3n) is 5.32. The fourth-order valence-corrected chi connectivity index (χ4v) is 4.91. The third-order valence-corrected chi connectivity index (χ3v) is 6.43. The molecule has 1 unspecified atom stereocenters. The standard InChI is InChI=1S/C23H21Cl3N2O4S/c1-30-20-5-4-13(7-14(20)12-32-21-17(25)9-15(24)10-18(21)26)8-19-22(29)28(23(33)27-19)11-16-3-2-6-31-16/h4-5,7-10,16H,2-3,6,11-12H2,1H3,(H,27,33)/b19-8+. The number of rotatable bonds is 7. The summed E-state index contributed by atoms with van der Waals surface area (Å²) < 4.78 is 16.9. The van der Waals surface area contributed by atoms with Crippen LogP contribution < -0.4 is 14.8 Å². The van der Waals surface area contributed by atoms with Gasteiger partial charge in [-0.1, -0.05) is 40.9 Å². The van der Waals surface area contributed by atoms with Gasteiger partial charge in [-0.2, -0.15) is 0 Å². The SMILES string of the molecule is COc1ccc(/C=C2/NC(=S)N(CC3CCCO3)C2=O)cc1COc1c(Cl)cc(Cl)cc1Cl. The Balaban J connectivity index is 1.52. The van der Waals surface area contributed by atoms with E-state index in [0.717, 1.165) is 30.6 Å². The Labute approximate surface area is 212 Å². The second-order valence-electron chi connectivity index (χ2n) is 7.60. The smallest absolute Gasteiger partial charge is 0.276 e. The van der Waals surface area contributed by atoms with Gasteiger partial charge in [0.1, 0.15) is 18.1 Å². The van der Waals surface area contributed by atoms with Crippen molar-refractivity contribution in [2.75, 3.05) is 20.3 Å². The molecule has 2 aromatic carbocycles. The van der Waals surface area contributed by atoms with E-state index < -0.39 is 0 Å². The number of nitrogens with one attached hydrogen (secondary N) is 1. The topological polar surface area (TPSA) is 60.0 Å². The van der Waals surface area contributed by atoms with Crippen LogP contribution in [0.4, 0.5) is 0 Å². The van der Waals surface area contributed by atoms with Gasteiger partial charge in [0.05, 0.1) is 29.8 Å². The summed E-state index contributed by atoms with van der Waals surface area (Å²) in [6.07, 6.45) is 3.69. The molecule has 10 heteroatoms. The number of methoxy groups -OCH3 is 1. The minimum absolute atomic E-state index is 0.0179. The van der Waals surface area contributed by atoms with E-state index in [1.54, 1.807) is 36.3 Å². The molecule has 2 heterocycles. The summed E-state index contributed by atoms with van der Waals surface area (Å²) in [6, 6.07) is 8.64. The Morgan fingerprint density at radius 2 is 2.00 bits per heavy atom. The highest BCUT2D eigenvalue weighted by Gasteiger charge is 2.33. The van der Waals surface area contributed by atoms with Crippen LogP contribution in [0.2, 0.25) is 15.1 Å². The summed E-state index contributed by atoms with van der Waals surface area (Å²) in [4.78, 5) is 14.4.